The summed E-state index contributed by atoms with van der Waals surface area (Å²) in [7, 11) is 0. The molecule has 2 atom stereocenters. The van der Waals surface area contributed by atoms with Crippen LogP contribution in [0.5, 0.6) is 0 Å². The van der Waals surface area contributed by atoms with Gasteiger partial charge in [0, 0.05) is 0 Å². The molecule has 0 bridgehead atoms. The van der Waals surface area contributed by atoms with Crippen LogP contribution in [-0.2, 0) is 44.7 Å². The first-order chi connectivity index (χ1) is 12.0. The van der Waals surface area contributed by atoms with Crippen molar-refractivity contribution in [2.45, 2.75) is 79.1 Å². The van der Waals surface area contributed by atoms with Gasteiger partial charge in [-0.05, 0) is 36.2 Å². The summed E-state index contributed by atoms with van der Waals surface area (Å²) >= 11 is 10.5. The van der Waals surface area contributed by atoms with Crippen LogP contribution < -0.4 is 19.6 Å². The van der Waals surface area contributed by atoms with Crippen molar-refractivity contribution in [2.24, 2.45) is 11.8 Å². The van der Waals surface area contributed by atoms with E-state index in [0.29, 0.717) is 23.3 Å². The van der Waals surface area contributed by atoms with E-state index in [2.05, 4.69) is 51.3 Å². The van der Waals surface area contributed by atoms with Crippen LogP contribution in [0.25, 0.3) is 0 Å². The predicted molar refractivity (Wildman–Crippen MR) is 120 cm³/mol. The van der Waals surface area contributed by atoms with Crippen molar-refractivity contribution in [3.05, 3.63) is 0 Å². The molecule has 11 heteroatoms. The fourth-order valence-electron chi connectivity index (χ4n) is 2.19. The first-order valence-electron chi connectivity index (χ1n) is 9.32. The van der Waals surface area contributed by atoms with E-state index in [-0.39, 0.29) is 21.1 Å². The Kier molecular flexibility index (Phi) is 25.8. The van der Waals surface area contributed by atoms with E-state index in [0.717, 1.165) is 48.4 Å². The Bertz CT molecular complexity index is 383. The summed E-state index contributed by atoms with van der Waals surface area (Å²) in [5.74, 6) is 2.35. The molecule has 0 spiro atoms. The normalized spacial score (nSPS) is 13.9. The molecule has 162 valence electrons. The van der Waals surface area contributed by atoms with Crippen LogP contribution in [0, 0.1) is 11.8 Å². The van der Waals surface area contributed by atoms with Crippen molar-refractivity contribution in [1.29, 1.82) is 0 Å². The van der Waals surface area contributed by atoms with Gasteiger partial charge in [-0.2, -0.15) is 34.2 Å². The van der Waals surface area contributed by atoms with Crippen LogP contribution in [-0.4, -0.2) is 11.5 Å². The van der Waals surface area contributed by atoms with Crippen LogP contribution in [0.4, 0.5) is 0 Å². The molecule has 0 N–H and O–H groups in total. The first-order valence-corrected chi connectivity index (χ1v) is 17.8. The van der Waals surface area contributed by atoms with Crippen LogP contribution in [0.2, 0.25) is 0 Å². The van der Waals surface area contributed by atoms with Gasteiger partial charge in [0.05, 0.1) is 0 Å². The van der Waals surface area contributed by atoms with E-state index in [4.69, 9.17) is 0 Å². The molecule has 0 aromatic rings. The van der Waals surface area contributed by atoms with Gasteiger partial charge in [-0.1, -0.05) is 66.2 Å². The van der Waals surface area contributed by atoms with Crippen molar-refractivity contribution < 1.29 is 40.6 Å². The molecule has 0 aliphatic rings. The molecular formula is C16H34MoO4P2S4. The first kappa shape index (κ1) is 34.1. The number of hydrogen-bond acceptors (Lipinski definition) is 8. The van der Waals surface area contributed by atoms with Gasteiger partial charge in [0.1, 0.15) is 0 Å². The third kappa shape index (κ3) is 28.5. The van der Waals surface area contributed by atoms with Crippen LogP contribution in [0.15, 0.2) is 0 Å². The Balaban J connectivity index is -0.000000411. The predicted octanol–water partition coefficient (Wildman–Crippen LogP) is 3.76. The Morgan fingerprint density at radius 2 is 1.00 bits per heavy atom. The molecule has 0 aromatic carbocycles. The van der Waals surface area contributed by atoms with Crippen molar-refractivity contribution in [3.8, 4) is 0 Å². The summed E-state index contributed by atoms with van der Waals surface area (Å²) in [6, 6.07) is 0. The zero-order chi connectivity index (χ0) is 20.6. The molecule has 0 aliphatic carbocycles. The van der Waals surface area contributed by atoms with Crippen LogP contribution in [0.1, 0.15) is 79.1 Å². The SMILES string of the molecule is CCCCC(CC)CSP([O-])([O-])=S.CCCCC(CC)CSP([O-])([O-])=S.[Mo+4]. The second-order valence-corrected chi connectivity index (χ2v) is 18.0. The summed E-state index contributed by atoms with van der Waals surface area (Å²) in [5.41, 5.74) is -7.03. The van der Waals surface area contributed by atoms with E-state index >= 15 is 0 Å². The Hall–Kier alpha value is 2.53. The second kappa shape index (κ2) is 20.4. The van der Waals surface area contributed by atoms with Crippen molar-refractivity contribution in [1.82, 2.24) is 0 Å². The fourth-order valence-corrected chi connectivity index (χ4v) is 7.24. The minimum atomic E-state index is -3.51. The molecule has 0 fully saturated rings. The molecule has 0 saturated carbocycles. The molecule has 0 rings (SSSR count). The standard InChI is InChI=1S/2C8H19O2PS2.Mo/c2*1-3-5-6-8(4-2)7-13-11(9,10)12;/h2*8H,3-7H2,1-2H3,(H2,9,10,12);/q;;+4/p-4. The molecule has 0 saturated heterocycles. The van der Waals surface area contributed by atoms with Gasteiger partial charge in [-0.25, -0.2) is 0 Å². The maximum Gasteiger partial charge on any atom is 4.00 e. The Morgan fingerprint density at radius 3 is 1.19 bits per heavy atom. The summed E-state index contributed by atoms with van der Waals surface area (Å²) in [4.78, 5) is 42.9. The quantitative estimate of drug-likeness (QED) is 0.228. The van der Waals surface area contributed by atoms with Crippen molar-refractivity contribution in [3.63, 3.8) is 0 Å². The van der Waals surface area contributed by atoms with E-state index < -0.39 is 11.4 Å². The largest absolute Gasteiger partial charge is 4.00 e. The molecule has 0 aliphatic heterocycles. The Labute approximate surface area is 199 Å². The smallest absolute Gasteiger partial charge is 0.825 e. The fraction of sp³-hybridized carbons (Fsp3) is 1.00. The monoisotopic (exact) mass is 578 g/mol. The van der Waals surface area contributed by atoms with Gasteiger partial charge >= 0.3 is 21.1 Å². The van der Waals surface area contributed by atoms with Crippen LogP contribution >= 0.6 is 34.2 Å². The van der Waals surface area contributed by atoms with Gasteiger partial charge < -0.3 is 19.6 Å². The molecule has 27 heavy (non-hydrogen) atoms. The topological polar surface area (TPSA) is 92.2 Å². The third-order valence-corrected chi connectivity index (χ3v) is 10.6. The second-order valence-electron chi connectivity index (χ2n) is 6.32. The average molecular weight is 577 g/mol. The maximum absolute atomic E-state index is 10.7. The zero-order valence-corrected chi connectivity index (χ0v) is 23.9. The zero-order valence-electron chi connectivity index (χ0n) is 16.8. The Morgan fingerprint density at radius 1 is 0.704 bits per heavy atom. The van der Waals surface area contributed by atoms with E-state index in [9.17, 15) is 19.6 Å². The van der Waals surface area contributed by atoms with Gasteiger partial charge in [0.15, 0.2) is 0 Å². The van der Waals surface area contributed by atoms with Gasteiger partial charge in [0.25, 0.3) is 0 Å². The summed E-state index contributed by atoms with van der Waals surface area (Å²) in [5, 5.41) is 0. The van der Waals surface area contributed by atoms with E-state index in [1.165, 1.54) is 25.7 Å². The molecule has 0 heterocycles. The average Bonchev–Trinajstić information content (AvgIpc) is 2.54. The van der Waals surface area contributed by atoms with Crippen LogP contribution in [0.3, 0.4) is 0 Å². The maximum atomic E-state index is 10.7. The van der Waals surface area contributed by atoms with Gasteiger partial charge in [-0.15, -0.1) is 23.6 Å². The molecule has 2 unspecified atom stereocenters. The molecule has 0 amide bonds. The third-order valence-electron chi connectivity index (χ3n) is 4.02. The summed E-state index contributed by atoms with van der Waals surface area (Å²) < 4.78 is 0. The minimum absolute atomic E-state index is 0. The van der Waals surface area contributed by atoms with Crippen molar-refractivity contribution >= 4 is 57.8 Å². The summed E-state index contributed by atoms with van der Waals surface area (Å²) in [6.45, 7) is 8.48. The van der Waals surface area contributed by atoms with Crippen molar-refractivity contribution in [2.75, 3.05) is 11.5 Å². The number of rotatable bonds is 14. The minimum Gasteiger partial charge on any atom is -0.825 e. The van der Waals surface area contributed by atoms with E-state index in [1.807, 2.05) is 0 Å². The summed E-state index contributed by atoms with van der Waals surface area (Å²) in [6.07, 6.45) is 9.03. The molecular weight excluding hydrogens is 542 g/mol. The number of hydrogen-bond donors (Lipinski definition) is 0. The molecule has 4 nitrogen and oxygen atoms in total. The molecule has 0 aromatic heterocycles. The number of unbranched alkanes of at least 4 members (excludes halogenated alkanes) is 2. The van der Waals surface area contributed by atoms with Gasteiger partial charge in [-0.3, -0.25) is 0 Å². The molecule has 0 radical (unpaired) electrons. The van der Waals surface area contributed by atoms with E-state index in [1.54, 1.807) is 0 Å². The van der Waals surface area contributed by atoms with Gasteiger partial charge in [0.2, 0.25) is 0 Å².